The minimum atomic E-state index is -0.398. The van der Waals surface area contributed by atoms with Gasteiger partial charge in [0.2, 0.25) is 0 Å². The van der Waals surface area contributed by atoms with Gasteiger partial charge in [0, 0.05) is 37.6 Å². The van der Waals surface area contributed by atoms with Crippen molar-refractivity contribution in [1.29, 1.82) is 0 Å². The van der Waals surface area contributed by atoms with Crippen molar-refractivity contribution in [1.82, 2.24) is 4.90 Å². The van der Waals surface area contributed by atoms with Gasteiger partial charge >= 0.3 is 0 Å². The van der Waals surface area contributed by atoms with E-state index in [-0.39, 0.29) is 17.5 Å². The van der Waals surface area contributed by atoms with Crippen LogP contribution >= 0.6 is 0 Å². The molecule has 5 nitrogen and oxygen atoms in total. The number of benzene rings is 1. The molecule has 1 aliphatic heterocycles. The molecule has 0 spiro atoms. The highest BCUT2D eigenvalue weighted by Crippen LogP contribution is 2.30. The van der Waals surface area contributed by atoms with E-state index in [1.165, 1.54) is 12.1 Å². The average Bonchev–Trinajstić information content (AvgIpc) is 2.46. The molecule has 1 fully saturated rings. The number of carbonyl (C=O) groups excluding carboxylic acids is 1. The highest BCUT2D eigenvalue weighted by atomic mass is 16.6. The third kappa shape index (κ3) is 3.42. The molecule has 0 radical (unpaired) electrons. The van der Waals surface area contributed by atoms with Crippen LogP contribution < -0.4 is 0 Å². The summed E-state index contributed by atoms with van der Waals surface area (Å²) in [6.07, 6.45) is 3.36. The van der Waals surface area contributed by atoms with Gasteiger partial charge in [0.15, 0.2) is 0 Å². The first-order valence-corrected chi connectivity index (χ1v) is 7.12. The van der Waals surface area contributed by atoms with Crippen LogP contribution in [0.2, 0.25) is 0 Å². The van der Waals surface area contributed by atoms with Crippen LogP contribution in [0.4, 0.5) is 5.69 Å². The van der Waals surface area contributed by atoms with Crippen LogP contribution in [0.25, 0.3) is 0 Å². The first kappa shape index (κ1) is 14.7. The normalized spacial score (nSPS) is 20.1. The molecule has 0 amide bonds. The zero-order valence-corrected chi connectivity index (χ0v) is 11.7. The number of nitrogens with zero attached hydrogens (tertiary/aromatic N) is 2. The molecule has 20 heavy (non-hydrogen) atoms. The summed E-state index contributed by atoms with van der Waals surface area (Å²) < 4.78 is 0. The van der Waals surface area contributed by atoms with Crippen LogP contribution in [-0.2, 0) is 4.79 Å². The maximum Gasteiger partial charge on any atom is 0.269 e. The zero-order valence-electron chi connectivity index (χ0n) is 11.7. The fourth-order valence-corrected chi connectivity index (χ4v) is 2.65. The van der Waals surface area contributed by atoms with Crippen molar-refractivity contribution < 1.29 is 9.72 Å². The maximum absolute atomic E-state index is 11.7. The number of ketones is 1. The van der Waals surface area contributed by atoms with Gasteiger partial charge in [0.25, 0.3) is 5.69 Å². The summed E-state index contributed by atoms with van der Waals surface area (Å²) in [6.45, 7) is 3.92. The van der Waals surface area contributed by atoms with Gasteiger partial charge < -0.3 is 0 Å². The van der Waals surface area contributed by atoms with E-state index >= 15 is 0 Å². The Labute approximate surface area is 118 Å². The molecule has 1 unspecified atom stereocenters. The Morgan fingerprint density at radius 2 is 2.05 bits per heavy atom. The summed E-state index contributed by atoms with van der Waals surface area (Å²) in [7, 11) is 0. The van der Waals surface area contributed by atoms with Gasteiger partial charge in [-0.2, -0.15) is 0 Å². The Bertz CT molecular complexity index is 484. The van der Waals surface area contributed by atoms with E-state index in [0.29, 0.717) is 12.8 Å². The zero-order chi connectivity index (χ0) is 14.5. The largest absolute Gasteiger partial charge is 0.300 e. The van der Waals surface area contributed by atoms with E-state index < -0.39 is 4.92 Å². The maximum atomic E-state index is 11.7. The molecule has 0 N–H and O–H groups in total. The van der Waals surface area contributed by atoms with Crippen LogP contribution in [-0.4, -0.2) is 28.7 Å². The molecule has 0 bridgehead atoms. The summed E-state index contributed by atoms with van der Waals surface area (Å²) in [4.78, 5) is 24.3. The number of nitro groups is 1. The predicted molar refractivity (Wildman–Crippen MR) is 76.6 cm³/mol. The summed E-state index contributed by atoms with van der Waals surface area (Å²) in [5, 5.41) is 10.7. The Morgan fingerprint density at radius 3 is 2.65 bits per heavy atom. The minimum absolute atomic E-state index is 0.0728. The number of unbranched alkanes of at least 4 members (excludes halogenated alkanes) is 1. The second kappa shape index (κ2) is 6.61. The van der Waals surface area contributed by atoms with E-state index in [0.717, 1.165) is 31.5 Å². The van der Waals surface area contributed by atoms with Gasteiger partial charge in [0.05, 0.1) is 4.92 Å². The summed E-state index contributed by atoms with van der Waals surface area (Å²) in [6, 6.07) is 6.67. The number of non-ortho nitro benzene ring substituents is 1. The fraction of sp³-hybridized carbons (Fsp3) is 0.533. The molecule has 5 heteroatoms. The molecular weight excluding hydrogens is 256 g/mol. The van der Waals surface area contributed by atoms with E-state index in [1.54, 1.807) is 12.1 Å². The van der Waals surface area contributed by atoms with Crippen LogP contribution in [0, 0.1) is 10.1 Å². The molecule has 0 aromatic heterocycles. The Balaban J connectivity index is 2.16. The number of carbonyl (C=O) groups is 1. The first-order valence-electron chi connectivity index (χ1n) is 7.12. The van der Waals surface area contributed by atoms with Crippen molar-refractivity contribution in [3.05, 3.63) is 39.9 Å². The number of hydrogen-bond donors (Lipinski definition) is 0. The highest BCUT2D eigenvalue weighted by Gasteiger charge is 2.28. The van der Waals surface area contributed by atoms with Gasteiger partial charge in [-0.15, -0.1) is 0 Å². The lowest BCUT2D eigenvalue weighted by Crippen LogP contribution is -2.37. The SMILES string of the molecule is CCCCN1CCC(=O)CC1c1ccc([N+](=O)[O-])cc1. The van der Waals surface area contributed by atoms with E-state index in [2.05, 4.69) is 11.8 Å². The van der Waals surface area contributed by atoms with Gasteiger partial charge in [-0.3, -0.25) is 19.8 Å². The van der Waals surface area contributed by atoms with Gasteiger partial charge in [-0.1, -0.05) is 25.5 Å². The van der Waals surface area contributed by atoms with Crippen molar-refractivity contribution in [2.45, 2.75) is 38.6 Å². The number of piperidine rings is 1. The monoisotopic (exact) mass is 276 g/mol. The standard InChI is InChI=1S/C15H20N2O3/c1-2-3-9-16-10-8-14(18)11-15(16)12-4-6-13(7-5-12)17(19)20/h4-7,15H,2-3,8-11H2,1H3. The van der Waals surface area contributed by atoms with E-state index in [1.807, 2.05) is 0 Å². The third-order valence-corrected chi connectivity index (χ3v) is 3.83. The lowest BCUT2D eigenvalue weighted by Gasteiger charge is -2.35. The van der Waals surface area contributed by atoms with Crippen molar-refractivity contribution in [2.24, 2.45) is 0 Å². The molecule has 2 rings (SSSR count). The molecule has 1 atom stereocenters. The smallest absolute Gasteiger partial charge is 0.269 e. The number of rotatable bonds is 5. The Morgan fingerprint density at radius 1 is 1.35 bits per heavy atom. The lowest BCUT2D eigenvalue weighted by molar-refractivity contribution is -0.384. The minimum Gasteiger partial charge on any atom is -0.300 e. The Hall–Kier alpha value is -1.75. The van der Waals surface area contributed by atoms with Crippen molar-refractivity contribution in [3.63, 3.8) is 0 Å². The van der Waals surface area contributed by atoms with Crippen molar-refractivity contribution >= 4 is 11.5 Å². The van der Waals surface area contributed by atoms with E-state index in [4.69, 9.17) is 0 Å². The number of nitro benzene ring substituents is 1. The van der Waals surface area contributed by atoms with Gasteiger partial charge in [-0.05, 0) is 18.5 Å². The summed E-state index contributed by atoms with van der Waals surface area (Å²) in [5.74, 6) is 0.279. The molecule has 1 aromatic carbocycles. The first-order chi connectivity index (χ1) is 9.61. The molecule has 0 aliphatic carbocycles. The fourth-order valence-electron chi connectivity index (χ4n) is 2.65. The molecule has 1 saturated heterocycles. The molecule has 1 aliphatic rings. The highest BCUT2D eigenvalue weighted by molar-refractivity contribution is 5.80. The van der Waals surface area contributed by atoms with Crippen molar-refractivity contribution in [2.75, 3.05) is 13.1 Å². The quantitative estimate of drug-likeness (QED) is 0.612. The van der Waals surface area contributed by atoms with Crippen LogP contribution in [0.3, 0.4) is 0 Å². The molecule has 0 saturated carbocycles. The lowest BCUT2D eigenvalue weighted by atomic mass is 9.94. The number of Topliss-reactive ketones (excluding diaryl/α,β-unsaturated/α-hetero) is 1. The van der Waals surface area contributed by atoms with Crippen LogP contribution in [0.5, 0.6) is 0 Å². The second-order valence-corrected chi connectivity index (χ2v) is 5.25. The van der Waals surface area contributed by atoms with Gasteiger partial charge in [-0.25, -0.2) is 0 Å². The van der Waals surface area contributed by atoms with Crippen LogP contribution in [0.1, 0.15) is 44.2 Å². The van der Waals surface area contributed by atoms with Crippen LogP contribution in [0.15, 0.2) is 24.3 Å². The van der Waals surface area contributed by atoms with Crippen molar-refractivity contribution in [3.8, 4) is 0 Å². The number of likely N-dealkylation sites (tertiary alicyclic amines) is 1. The molecule has 1 aromatic rings. The topological polar surface area (TPSA) is 63.5 Å². The van der Waals surface area contributed by atoms with Gasteiger partial charge in [0.1, 0.15) is 5.78 Å². The molecule has 108 valence electrons. The number of hydrogen-bond acceptors (Lipinski definition) is 4. The predicted octanol–water partition coefficient (Wildman–Crippen LogP) is 3.10. The second-order valence-electron chi connectivity index (χ2n) is 5.25. The summed E-state index contributed by atoms with van der Waals surface area (Å²) in [5.41, 5.74) is 1.09. The average molecular weight is 276 g/mol. The summed E-state index contributed by atoms with van der Waals surface area (Å²) >= 11 is 0. The molecule has 1 heterocycles. The third-order valence-electron chi connectivity index (χ3n) is 3.83. The Kier molecular flexibility index (Phi) is 4.84. The van der Waals surface area contributed by atoms with E-state index in [9.17, 15) is 14.9 Å². The molecular formula is C15H20N2O3.